The minimum atomic E-state index is -0.709. The quantitative estimate of drug-likeness (QED) is 0.600. The van der Waals surface area contributed by atoms with Crippen molar-refractivity contribution in [1.82, 2.24) is 5.32 Å². The van der Waals surface area contributed by atoms with Crippen molar-refractivity contribution in [3.8, 4) is 0 Å². The highest BCUT2D eigenvalue weighted by Crippen LogP contribution is 2.36. The first-order valence-corrected chi connectivity index (χ1v) is 10.6. The fraction of sp³-hybridized carbons (Fsp3) is 0.182. The second kappa shape index (κ2) is 8.68. The maximum Gasteiger partial charge on any atom is 0.313 e. The molecule has 1 aromatic heterocycles. The molecule has 148 valence electrons. The first-order chi connectivity index (χ1) is 14.1. The normalized spacial score (nSPS) is 13.6. The van der Waals surface area contributed by atoms with Gasteiger partial charge < -0.3 is 15.5 Å². The van der Waals surface area contributed by atoms with Crippen molar-refractivity contribution in [2.45, 2.75) is 12.5 Å². The van der Waals surface area contributed by atoms with E-state index in [0.717, 1.165) is 17.8 Å². The lowest BCUT2D eigenvalue weighted by molar-refractivity contribution is -0.136. The van der Waals surface area contributed by atoms with E-state index >= 15 is 0 Å². The summed E-state index contributed by atoms with van der Waals surface area (Å²) < 4.78 is 0. The number of nitrogens with zero attached hydrogens (tertiary/aromatic N) is 1. The Morgan fingerprint density at radius 1 is 1.07 bits per heavy atom. The van der Waals surface area contributed by atoms with E-state index < -0.39 is 11.8 Å². The fourth-order valence-electron chi connectivity index (χ4n) is 3.56. The Bertz CT molecular complexity index is 1020. The van der Waals surface area contributed by atoms with E-state index in [0.29, 0.717) is 17.3 Å². The number of thiophene rings is 1. The van der Waals surface area contributed by atoms with Gasteiger partial charge in [-0.15, -0.1) is 11.3 Å². The van der Waals surface area contributed by atoms with Crippen LogP contribution in [0.2, 0.25) is 5.02 Å². The number of amides is 2. The molecule has 1 unspecified atom stereocenters. The number of nitrogens with one attached hydrogen (secondary N) is 2. The van der Waals surface area contributed by atoms with E-state index in [9.17, 15) is 9.59 Å². The molecule has 2 N–H and O–H groups in total. The van der Waals surface area contributed by atoms with Gasteiger partial charge in [-0.1, -0.05) is 41.9 Å². The molecule has 0 bridgehead atoms. The van der Waals surface area contributed by atoms with E-state index in [1.165, 1.54) is 11.3 Å². The summed E-state index contributed by atoms with van der Waals surface area (Å²) in [6.07, 6.45) is 0.973. The number of halogens is 1. The van der Waals surface area contributed by atoms with Crippen LogP contribution in [-0.4, -0.2) is 24.9 Å². The Labute approximate surface area is 178 Å². The molecule has 4 rings (SSSR count). The molecule has 0 saturated carbocycles. The van der Waals surface area contributed by atoms with Gasteiger partial charge in [0.1, 0.15) is 0 Å². The average Bonchev–Trinajstić information content (AvgIpc) is 3.39. The predicted molar refractivity (Wildman–Crippen MR) is 118 cm³/mol. The Balaban J connectivity index is 1.45. The van der Waals surface area contributed by atoms with Crippen LogP contribution < -0.4 is 15.5 Å². The Morgan fingerprint density at radius 2 is 1.93 bits per heavy atom. The van der Waals surface area contributed by atoms with Crippen LogP contribution in [0.15, 0.2) is 66.0 Å². The van der Waals surface area contributed by atoms with Crippen LogP contribution in [0.3, 0.4) is 0 Å². The molecule has 2 aromatic carbocycles. The average molecular weight is 426 g/mol. The summed E-state index contributed by atoms with van der Waals surface area (Å²) in [6, 6.07) is 19.1. The van der Waals surface area contributed by atoms with Gasteiger partial charge in [-0.2, -0.15) is 0 Å². The number of anilines is 2. The summed E-state index contributed by atoms with van der Waals surface area (Å²) in [5.74, 6) is -1.38. The third-order valence-electron chi connectivity index (χ3n) is 4.92. The molecule has 0 saturated heterocycles. The molecular weight excluding hydrogens is 406 g/mol. The topological polar surface area (TPSA) is 61.4 Å². The van der Waals surface area contributed by atoms with E-state index in [4.69, 9.17) is 11.6 Å². The monoisotopic (exact) mass is 425 g/mol. The standard InChI is InChI=1S/C22H20ClN3O2S/c23-16-6-3-7-17(13-16)25-22(28)21(27)24-14-19(20-9-4-12-29-20)26-11-10-15-5-1-2-8-18(15)26/h1-9,12-13,19H,10-11,14H2,(H,24,27)(H,25,28). The smallest absolute Gasteiger partial charge is 0.313 e. The number of hydrogen-bond acceptors (Lipinski definition) is 4. The van der Waals surface area contributed by atoms with Gasteiger partial charge in [-0.25, -0.2) is 0 Å². The zero-order chi connectivity index (χ0) is 20.2. The van der Waals surface area contributed by atoms with Gasteiger partial charge in [0.15, 0.2) is 0 Å². The molecule has 1 atom stereocenters. The molecule has 1 aliphatic heterocycles. The number of hydrogen-bond donors (Lipinski definition) is 2. The molecule has 0 spiro atoms. The highest BCUT2D eigenvalue weighted by atomic mass is 35.5. The molecule has 7 heteroatoms. The lowest BCUT2D eigenvalue weighted by Gasteiger charge is -2.30. The molecule has 0 aliphatic carbocycles. The summed E-state index contributed by atoms with van der Waals surface area (Å²) in [5.41, 5.74) is 2.98. The summed E-state index contributed by atoms with van der Waals surface area (Å²) in [5, 5.41) is 7.89. The van der Waals surface area contributed by atoms with E-state index in [2.05, 4.69) is 33.7 Å². The number of carbonyl (C=O) groups excluding carboxylic acids is 2. The molecule has 0 fully saturated rings. The minimum absolute atomic E-state index is 0.0263. The van der Waals surface area contributed by atoms with Crippen LogP contribution in [0.1, 0.15) is 16.5 Å². The maximum absolute atomic E-state index is 12.4. The fourth-order valence-corrected chi connectivity index (χ4v) is 4.59. The van der Waals surface area contributed by atoms with Gasteiger partial charge in [-0.3, -0.25) is 9.59 Å². The van der Waals surface area contributed by atoms with Gasteiger partial charge in [0.25, 0.3) is 0 Å². The van der Waals surface area contributed by atoms with E-state index in [1.807, 2.05) is 23.6 Å². The van der Waals surface area contributed by atoms with E-state index in [1.54, 1.807) is 35.6 Å². The number of rotatable bonds is 5. The highest BCUT2D eigenvalue weighted by Gasteiger charge is 2.28. The van der Waals surface area contributed by atoms with Gasteiger partial charge in [-0.05, 0) is 47.7 Å². The lowest BCUT2D eigenvalue weighted by atomic mass is 10.1. The van der Waals surface area contributed by atoms with Crippen molar-refractivity contribution in [1.29, 1.82) is 0 Å². The zero-order valence-electron chi connectivity index (χ0n) is 15.6. The molecular formula is C22H20ClN3O2S. The van der Waals surface area contributed by atoms with Crippen LogP contribution in [0.5, 0.6) is 0 Å². The molecule has 1 aliphatic rings. The maximum atomic E-state index is 12.4. The zero-order valence-corrected chi connectivity index (χ0v) is 17.2. The molecule has 2 heterocycles. The Hall–Kier alpha value is -2.83. The van der Waals surface area contributed by atoms with Gasteiger partial charge in [0.05, 0.1) is 6.04 Å². The molecule has 0 radical (unpaired) electrons. The second-order valence-electron chi connectivity index (χ2n) is 6.78. The minimum Gasteiger partial charge on any atom is -0.361 e. The number of para-hydroxylation sites is 1. The van der Waals surface area contributed by atoms with E-state index in [-0.39, 0.29) is 6.04 Å². The third kappa shape index (κ3) is 4.44. The van der Waals surface area contributed by atoms with Crippen LogP contribution in [-0.2, 0) is 16.0 Å². The first-order valence-electron chi connectivity index (χ1n) is 9.34. The number of carbonyl (C=O) groups is 2. The van der Waals surface area contributed by atoms with Crippen LogP contribution in [0.25, 0.3) is 0 Å². The summed E-state index contributed by atoms with van der Waals surface area (Å²) in [6.45, 7) is 1.23. The third-order valence-corrected chi connectivity index (χ3v) is 6.12. The first kappa shape index (κ1) is 19.5. The summed E-state index contributed by atoms with van der Waals surface area (Å²) in [7, 11) is 0. The van der Waals surface area contributed by atoms with Crippen molar-refractivity contribution in [3.63, 3.8) is 0 Å². The molecule has 2 amide bonds. The predicted octanol–water partition coefficient (Wildman–Crippen LogP) is 4.26. The van der Waals surface area contributed by atoms with Gasteiger partial charge in [0, 0.05) is 34.4 Å². The van der Waals surface area contributed by atoms with Crippen molar-refractivity contribution >= 4 is 46.1 Å². The second-order valence-corrected chi connectivity index (χ2v) is 8.19. The van der Waals surface area contributed by atoms with Crippen molar-refractivity contribution in [2.24, 2.45) is 0 Å². The van der Waals surface area contributed by atoms with Gasteiger partial charge >= 0.3 is 11.8 Å². The van der Waals surface area contributed by atoms with Crippen molar-refractivity contribution in [3.05, 3.63) is 81.5 Å². The molecule has 3 aromatic rings. The summed E-state index contributed by atoms with van der Waals surface area (Å²) >= 11 is 7.57. The molecule has 29 heavy (non-hydrogen) atoms. The summed E-state index contributed by atoms with van der Waals surface area (Å²) in [4.78, 5) is 28.1. The molecule has 5 nitrogen and oxygen atoms in total. The van der Waals surface area contributed by atoms with Gasteiger partial charge in [0.2, 0.25) is 0 Å². The highest BCUT2D eigenvalue weighted by molar-refractivity contribution is 7.10. The van der Waals surface area contributed by atoms with Crippen molar-refractivity contribution < 1.29 is 9.59 Å². The Morgan fingerprint density at radius 3 is 2.72 bits per heavy atom. The number of fused-ring (bicyclic) bond motifs is 1. The SMILES string of the molecule is O=C(NCC(c1cccs1)N1CCc2ccccc21)C(=O)Nc1cccc(Cl)c1. The number of benzene rings is 2. The van der Waals surface area contributed by atoms with Crippen molar-refractivity contribution in [2.75, 3.05) is 23.3 Å². The largest absolute Gasteiger partial charge is 0.361 e. The van der Waals surface area contributed by atoms with Crippen LogP contribution in [0.4, 0.5) is 11.4 Å². The Kier molecular flexibility index (Phi) is 5.83. The van der Waals surface area contributed by atoms with Crippen LogP contribution >= 0.6 is 22.9 Å². The lowest BCUT2D eigenvalue weighted by Crippen LogP contribution is -2.41. The van der Waals surface area contributed by atoms with Crippen LogP contribution in [0, 0.1) is 0 Å².